The second kappa shape index (κ2) is 3.36. The van der Waals surface area contributed by atoms with Crippen molar-refractivity contribution in [2.24, 2.45) is 0 Å². The summed E-state index contributed by atoms with van der Waals surface area (Å²) >= 11 is 0. The number of hydrogen-bond donors (Lipinski definition) is 3. The van der Waals surface area contributed by atoms with Crippen LogP contribution in [0.4, 0.5) is 0 Å². The Balaban J connectivity index is 2.64. The fourth-order valence-corrected chi connectivity index (χ4v) is 1.53. The highest BCUT2D eigenvalue weighted by atomic mass is 16.4. The first-order valence-electron chi connectivity index (χ1n) is 4.45. The van der Waals surface area contributed by atoms with Gasteiger partial charge in [-0.15, -0.1) is 0 Å². The van der Waals surface area contributed by atoms with Crippen LogP contribution in [-0.4, -0.2) is 26.2 Å². The third kappa shape index (κ3) is 1.57. The van der Waals surface area contributed by atoms with Gasteiger partial charge in [0.25, 0.3) is 0 Å². The highest BCUT2D eigenvalue weighted by Crippen LogP contribution is 2.22. The molecule has 0 bridgehead atoms. The number of carbonyl (C=O) groups is 1. The molecule has 1 atom stereocenters. The Morgan fingerprint density at radius 3 is 2.93 bits per heavy atom. The highest BCUT2D eigenvalue weighted by Gasteiger charge is 2.19. The Kier molecular flexibility index (Phi) is 2.17. The molecule has 0 amide bonds. The topological polar surface area (TPSA) is 86.2 Å². The number of imidazole rings is 1. The van der Waals surface area contributed by atoms with Gasteiger partial charge in [-0.3, -0.25) is 0 Å². The molecule has 5 heteroatoms. The van der Waals surface area contributed by atoms with Crippen molar-refractivity contribution in [2.45, 2.75) is 13.0 Å². The normalized spacial score (nSPS) is 12.9. The molecule has 3 N–H and O–H groups in total. The van der Waals surface area contributed by atoms with Crippen molar-refractivity contribution >= 4 is 17.0 Å². The molecule has 0 aliphatic rings. The Hall–Kier alpha value is -1.88. The summed E-state index contributed by atoms with van der Waals surface area (Å²) < 4.78 is 0. The van der Waals surface area contributed by atoms with Crippen LogP contribution in [0.1, 0.15) is 17.5 Å². The first-order valence-corrected chi connectivity index (χ1v) is 4.45. The minimum Gasteiger partial charge on any atom is -0.479 e. The Bertz CT molecular complexity index is 518. The zero-order valence-corrected chi connectivity index (χ0v) is 8.06. The van der Waals surface area contributed by atoms with Gasteiger partial charge in [0.2, 0.25) is 0 Å². The molecule has 2 rings (SSSR count). The predicted octanol–water partition coefficient (Wildman–Crippen LogP) is 0.989. The number of carboxylic acids is 1. The van der Waals surface area contributed by atoms with E-state index in [2.05, 4.69) is 9.97 Å². The Morgan fingerprint density at radius 2 is 2.27 bits per heavy atom. The molecule has 1 aromatic carbocycles. The zero-order chi connectivity index (χ0) is 11.0. The van der Waals surface area contributed by atoms with E-state index >= 15 is 0 Å². The van der Waals surface area contributed by atoms with Crippen LogP contribution in [0.3, 0.4) is 0 Å². The number of fused-ring (bicyclic) bond motifs is 1. The lowest BCUT2D eigenvalue weighted by atomic mass is 10.1. The van der Waals surface area contributed by atoms with Crippen molar-refractivity contribution in [3.05, 3.63) is 29.6 Å². The van der Waals surface area contributed by atoms with Crippen LogP contribution in [0.5, 0.6) is 0 Å². The molecule has 15 heavy (non-hydrogen) atoms. The smallest absolute Gasteiger partial charge is 0.337 e. The van der Waals surface area contributed by atoms with E-state index in [4.69, 9.17) is 5.11 Å². The Morgan fingerprint density at radius 1 is 1.53 bits per heavy atom. The molecule has 0 saturated heterocycles. The summed E-state index contributed by atoms with van der Waals surface area (Å²) in [5.41, 5.74) is 1.54. The minimum absolute atomic E-state index is 0.310. The summed E-state index contributed by atoms with van der Waals surface area (Å²) in [5.74, 6) is -0.585. The van der Waals surface area contributed by atoms with Crippen LogP contribution >= 0.6 is 0 Å². The van der Waals surface area contributed by atoms with Crippen LogP contribution in [-0.2, 0) is 4.79 Å². The fourth-order valence-electron chi connectivity index (χ4n) is 1.53. The summed E-state index contributed by atoms with van der Waals surface area (Å²) in [6, 6.07) is 5.02. The lowest BCUT2D eigenvalue weighted by Gasteiger charge is -2.05. The molecular weight excluding hydrogens is 196 g/mol. The number of benzene rings is 1. The maximum Gasteiger partial charge on any atom is 0.337 e. The molecule has 0 aliphatic carbocycles. The molecule has 0 spiro atoms. The number of aromatic nitrogens is 2. The second-order valence-electron chi connectivity index (χ2n) is 3.31. The number of hydrogen-bond acceptors (Lipinski definition) is 3. The van der Waals surface area contributed by atoms with Gasteiger partial charge < -0.3 is 15.2 Å². The highest BCUT2D eigenvalue weighted by molar-refractivity contribution is 5.85. The lowest BCUT2D eigenvalue weighted by Crippen LogP contribution is -2.10. The van der Waals surface area contributed by atoms with Gasteiger partial charge >= 0.3 is 5.97 Å². The van der Waals surface area contributed by atoms with Crippen molar-refractivity contribution in [1.82, 2.24) is 9.97 Å². The molecule has 0 fully saturated rings. The summed E-state index contributed by atoms with van der Waals surface area (Å²) in [6.45, 7) is 1.77. The van der Waals surface area contributed by atoms with Crippen LogP contribution in [0.25, 0.3) is 11.0 Å². The van der Waals surface area contributed by atoms with Gasteiger partial charge in [-0.05, 0) is 13.0 Å². The number of aryl methyl sites for hydroxylation is 1. The van der Waals surface area contributed by atoms with Gasteiger partial charge in [-0.1, -0.05) is 12.1 Å². The lowest BCUT2D eigenvalue weighted by molar-refractivity contribution is -0.146. The largest absolute Gasteiger partial charge is 0.479 e. The first kappa shape index (κ1) is 9.67. The van der Waals surface area contributed by atoms with Crippen molar-refractivity contribution in [1.29, 1.82) is 0 Å². The maximum atomic E-state index is 10.7. The van der Waals surface area contributed by atoms with Gasteiger partial charge in [0.05, 0.1) is 11.0 Å². The summed E-state index contributed by atoms with van der Waals surface area (Å²) in [7, 11) is 0. The Labute approximate surface area is 85.4 Å². The van der Waals surface area contributed by atoms with E-state index in [1.807, 2.05) is 0 Å². The summed E-state index contributed by atoms with van der Waals surface area (Å²) in [6.07, 6.45) is -1.53. The van der Waals surface area contributed by atoms with Gasteiger partial charge in [0.1, 0.15) is 5.82 Å². The third-order valence-corrected chi connectivity index (χ3v) is 2.19. The quantitative estimate of drug-likeness (QED) is 0.683. The number of aliphatic hydroxyl groups is 1. The van der Waals surface area contributed by atoms with Gasteiger partial charge in [-0.25, -0.2) is 9.78 Å². The van der Waals surface area contributed by atoms with Crippen molar-refractivity contribution in [2.75, 3.05) is 0 Å². The molecule has 5 nitrogen and oxygen atoms in total. The molecule has 1 aromatic heterocycles. The van der Waals surface area contributed by atoms with E-state index in [0.29, 0.717) is 16.9 Å². The number of aliphatic carboxylic acids is 1. The molecule has 78 valence electrons. The van der Waals surface area contributed by atoms with Gasteiger partial charge in [-0.2, -0.15) is 0 Å². The third-order valence-electron chi connectivity index (χ3n) is 2.19. The van der Waals surface area contributed by atoms with Crippen molar-refractivity contribution in [3.63, 3.8) is 0 Å². The van der Waals surface area contributed by atoms with E-state index in [1.165, 1.54) is 0 Å². The average Bonchev–Trinajstić information content (AvgIpc) is 2.56. The number of aliphatic hydroxyl groups excluding tert-OH is 1. The average molecular weight is 206 g/mol. The first-order chi connectivity index (χ1) is 7.09. The van der Waals surface area contributed by atoms with Gasteiger partial charge in [0.15, 0.2) is 6.10 Å². The molecule has 0 saturated carbocycles. The summed E-state index contributed by atoms with van der Waals surface area (Å²) in [5, 5.41) is 18.2. The molecular formula is C10H10N2O3. The number of para-hydroxylation sites is 1. The fraction of sp³-hybridized carbons (Fsp3) is 0.200. The number of H-pyrrole nitrogens is 1. The number of nitrogens with zero attached hydrogens (tertiary/aromatic N) is 1. The number of nitrogens with one attached hydrogen (secondary N) is 1. The van der Waals surface area contributed by atoms with Crippen LogP contribution < -0.4 is 0 Å². The van der Waals surface area contributed by atoms with E-state index in [1.54, 1.807) is 25.1 Å². The van der Waals surface area contributed by atoms with E-state index < -0.39 is 12.1 Å². The van der Waals surface area contributed by atoms with Gasteiger partial charge in [0, 0.05) is 5.56 Å². The van der Waals surface area contributed by atoms with Crippen molar-refractivity contribution in [3.8, 4) is 0 Å². The predicted molar refractivity (Wildman–Crippen MR) is 53.4 cm³/mol. The van der Waals surface area contributed by atoms with Crippen LogP contribution in [0.2, 0.25) is 0 Å². The number of aromatic amines is 1. The monoisotopic (exact) mass is 206 g/mol. The standard InChI is InChI=1S/C10H10N2O3/c1-5-11-7-4-2-3-6(8(7)12-5)9(13)10(14)15/h2-4,9,13H,1H3,(H,11,12)(H,14,15). The summed E-state index contributed by atoms with van der Waals surface area (Å²) in [4.78, 5) is 17.8. The van der Waals surface area contributed by atoms with Crippen molar-refractivity contribution < 1.29 is 15.0 Å². The molecule has 1 unspecified atom stereocenters. The molecule has 2 aromatic rings. The molecule has 0 radical (unpaired) electrons. The number of carboxylic acid groups (broad SMARTS) is 1. The zero-order valence-electron chi connectivity index (χ0n) is 8.06. The second-order valence-corrected chi connectivity index (χ2v) is 3.31. The van der Waals surface area contributed by atoms with E-state index in [-0.39, 0.29) is 0 Å². The van der Waals surface area contributed by atoms with Crippen LogP contribution in [0.15, 0.2) is 18.2 Å². The maximum absolute atomic E-state index is 10.7. The number of rotatable bonds is 2. The van der Waals surface area contributed by atoms with E-state index in [9.17, 15) is 9.90 Å². The van der Waals surface area contributed by atoms with Crippen LogP contribution in [0, 0.1) is 6.92 Å². The molecule has 0 aliphatic heterocycles. The SMILES string of the molecule is Cc1nc2c(C(O)C(=O)O)cccc2[nH]1. The molecule has 1 heterocycles. The van der Waals surface area contributed by atoms with E-state index in [0.717, 1.165) is 5.52 Å². The minimum atomic E-state index is -1.53.